The van der Waals surface area contributed by atoms with E-state index in [1.807, 2.05) is 12.1 Å². The number of rotatable bonds is 6. The number of hydrogen-bond donors (Lipinski definition) is 0. The van der Waals surface area contributed by atoms with Gasteiger partial charge in [0.1, 0.15) is 0 Å². The second-order valence-electron chi connectivity index (χ2n) is 12.7. The second-order valence-corrected chi connectivity index (χ2v) is 12.7. The van der Waals surface area contributed by atoms with Crippen LogP contribution in [-0.4, -0.2) is 53.0 Å². The molecular weight excluding hydrogens is 496 g/mol. The van der Waals surface area contributed by atoms with Gasteiger partial charge in [-0.15, -0.1) is 4.91 Å². The Balaban J connectivity index is 1.30. The highest BCUT2D eigenvalue weighted by Gasteiger charge is 2.41. The third-order valence-electron chi connectivity index (χ3n) is 10.4. The molecule has 4 aliphatic rings. The molecule has 3 fully saturated rings. The van der Waals surface area contributed by atoms with E-state index >= 15 is 0 Å². The molecule has 7 rings (SSSR count). The Morgan fingerprint density at radius 1 is 0.875 bits per heavy atom. The van der Waals surface area contributed by atoms with Gasteiger partial charge in [0.25, 0.3) is 0 Å². The Kier molecular flexibility index (Phi) is 7.31. The van der Waals surface area contributed by atoms with Crippen LogP contribution in [-0.2, 0) is 6.54 Å². The molecule has 2 atom stereocenters. The van der Waals surface area contributed by atoms with Crippen LogP contribution in [0, 0.1) is 10.8 Å². The molecule has 1 amide bonds. The summed E-state index contributed by atoms with van der Waals surface area (Å²) in [5, 5.41) is 4.00. The number of carbonyl (C=O) groups is 1. The largest absolute Gasteiger partial charge is 0.340 e. The average molecular weight is 539 g/mol. The molecule has 2 saturated heterocycles. The average Bonchev–Trinajstić information content (AvgIpc) is 3.51. The lowest BCUT2D eigenvalue weighted by Crippen LogP contribution is -2.34. The summed E-state index contributed by atoms with van der Waals surface area (Å²) in [7, 11) is 0. The fourth-order valence-electron chi connectivity index (χ4n) is 8.55. The van der Waals surface area contributed by atoms with Crippen molar-refractivity contribution in [2.45, 2.75) is 82.7 Å². The maximum atomic E-state index is 12.3. The Morgan fingerprint density at radius 2 is 1.68 bits per heavy atom. The minimum atomic E-state index is -0.677. The van der Waals surface area contributed by atoms with Crippen molar-refractivity contribution in [3.63, 3.8) is 0 Å². The first-order valence-corrected chi connectivity index (χ1v) is 15.8. The molecule has 0 N–H and O–H groups in total. The Morgan fingerprint density at radius 3 is 2.50 bits per heavy atom. The van der Waals surface area contributed by atoms with Crippen molar-refractivity contribution in [2.75, 3.05) is 32.7 Å². The zero-order valence-electron chi connectivity index (χ0n) is 23.7. The van der Waals surface area contributed by atoms with Crippen LogP contribution in [0.2, 0.25) is 0 Å². The zero-order chi connectivity index (χ0) is 27.1. The molecule has 0 spiro atoms. The predicted octanol–water partition coefficient (Wildman–Crippen LogP) is 7.52. The number of nitroso groups, excluding NO2 is 1. The number of hydrogen-bond acceptors (Lipinski definition) is 4. The molecular formula is C34H42N4O2. The maximum absolute atomic E-state index is 12.3. The Hall–Kier alpha value is -2.83. The molecule has 3 aliphatic heterocycles. The highest BCUT2D eigenvalue weighted by atomic mass is 16.3. The summed E-state index contributed by atoms with van der Waals surface area (Å²) in [5.41, 5.74) is 7.19. The van der Waals surface area contributed by atoms with Gasteiger partial charge in [-0.25, -0.2) is 0 Å². The van der Waals surface area contributed by atoms with E-state index in [1.54, 1.807) is 0 Å². The predicted molar refractivity (Wildman–Crippen MR) is 161 cm³/mol. The van der Waals surface area contributed by atoms with E-state index in [9.17, 15) is 9.70 Å². The number of aromatic nitrogens is 1. The lowest BCUT2D eigenvalue weighted by atomic mass is 9.81. The lowest BCUT2D eigenvalue weighted by molar-refractivity contribution is 0.100. The van der Waals surface area contributed by atoms with Gasteiger partial charge in [0, 0.05) is 39.8 Å². The van der Waals surface area contributed by atoms with Crippen molar-refractivity contribution < 1.29 is 4.79 Å². The summed E-state index contributed by atoms with van der Waals surface area (Å²) >= 11 is 0. The van der Waals surface area contributed by atoms with Crippen LogP contribution in [0.5, 0.6) is 0 Å². The van der Waals surface area contributed by atoms with Gasteiger partial charge in [0.2, 0.25) is 0 Å². The molecule has 1 aliphatic carbocycles. The summed E-state index contributed by atoms with van der Waals surface area (Å²) in [6, 6.07) is 15.4. The molecule has 0 unspecified atom stereocenters. The number of likely N-dealkylation sites (tertiary alicyclic amines) is 2. The molecule has 6 heteroatoms. The van der Waals surface area contributed by atoms with Gasteiger partial charge in [0.15, 0.2) is 0 Å². The van der Waals surface area contributed by atoms with Crippen LogP contribution in [0.1, 0.15) is 97.7 Å². The molecule has 1 saturated carbocycles. The van der Waals surface area contributed by atoms with Crippen LogP contribution < -0.4 is 0 Å². The number of fused-ring (bicyclic) bond motifs is 7. The van der Waals surface area contributed by atoms with Crippen LogP contribution in [0.15, 0.2) is 47.6 Å². The van der Waals surface area contributed by atoms with E-state index in [-0.39, 0.29) is 0 Å². The summed E-state index contributed by atoms with van der Waals surface area (Å²) in [5.74, 6) is 0.380. The molecule has 4 heterocycles. The minimum Gasteiger partial charge on any atom is -0.340 e. The minimum absolute atomic E-state index is 0.401. The first-order chi connectivity index (χ1) is 19.7. The van der Waals surface area contributed by atoms with Crippen LogP contribution in [0.25, 0.3) is 22.2 Å². The highest BCUT2D eigenvalue weighted by molar-refractivity contribution is 6.01. The summed E-state index contributed by atoms with van der Waals surface area (Å²) in [6.07, 6.45) is 12.8. The van der Waals surface area contributed by atoms with Gasteiger partial charge in [-0.3, -0.25) is 9.69 Å². The van der Waals surface area contributed by atoms with E-state index in [4.69, 9.17) is 0 Å². The van der Waals surface area contributed by atoms with Gasteiger partial charge >= 0.3 is 5.91 Å². The highest BCUT2D eigenvalue weighted by Crippen LogP contribution is 2.51. The van der Waals surface area contributed by atoms with Gasteiger partial charge in [0.05, 0.1) is 5.69 Å². The maximum Gasteiger partial charge on any atom is 0.316 e. The van der Waals surface area contributed by atoms with E-state index in [0.717, 1.165) is 25.2 Å². The second kappa shape index (κ2) is 11.2. The topological polar surface area (TPSA) is 57.9 Å². The third-order valence-corrected chi connectivity index (χ3v) is 10.4. The standard InChI is InChI=1S/C34H42N4O2/c39-34(35-40)25-14-15-29-30(22-25)38-23-26-16-21-37(20-9-19-36-17-7-2-8-18-36)32(26)27-12-5-6-13-28(27)33(38)31(29)24-10-3-1-4-11-24/h5-6,12-15,22,24,26,32H,1-4,7-11,16-21,23H2/t26-,32+/m0/s1. The van der Waals surface area contributed by atoms with Gasteiger partial charge < -0.3 is 9.47 Å². The van der Waals surface area contributed by atoms with E-state index in [1.165, 1.54) is 112 Å². The normalized spacial score (nSPS) is 23.9. The van der Waals surface area contributed by atoms with Crippen molar-refractivity contribution in [3.8, 4) is 11.3 Å². The zero-order valence-corrected chi connectivity index (χ0v) is 23.7. The SMILES string of the molecule is O=NC(=O)c1ccc2c(C3CCCCC3)c3n(c2c1)C[C@@H]1CCN(CCCN2CCCCC2)[C@H]1c1ccccc1-3. The summed E-state index contributed by atoms with van der Waals surface area (Å²) in [4.78, 5) is 28.9. The van der Waals surface area contributed by atoms with Gasteiger partial charge in [-0.1, -0.05) is 56.0 Å². The lowest BCUT2D eigenvalue weighted by Gasteiger charge is -2.31. The van der Waals surface area contributed by atoms with Crippen LogP contribution >= 0.6 is 0 Å². The molecule has 2 aromatic carbocycles. The number of piperidine rings is 1. The van der Waals surface area contributed by atoms with Crippen LogP contribution in [0.3, 0.4) is 0 Å². The molecule has 1 aromatic heterocycles. The molecule has 3 aromatic rings. The number of benzene rings is 2. The van der Waals surface area contributed by atoms with Gasteiger partial charge in [-0.05, 0) is 106 Å². The quantitative estimate of drug-likeness (QED) is 0.305. The van der Waals surface area contributed by atoms with Crippen LogP contribution in [0.4, 0.5) is 0 Å². The molecule has 40 heavy (non-hydrogen) atoms. The van der Waals surface area contributed by atoms with Gasteiger partial charge in [-0.2, -0.15) is 0 Å². The van der Waals surface area contributed by atoms with Crippen molar-refractivity contribution in [1.29, 1.82) is 0 Å². The summed E-state index contributed by atoms with van der Waals surface area (Å²) in [6.45, 7) is 7.00. The fraction of sp³-hybridized carbons (Fsp3) is 0.559. The Bertz CT molecular complexity index is 1400. The molecule has 6 nitrogen and oxygen atoms in total. The first kappa shape index (κ1) is 26.1. The smallest absolute Gasteiger partial charge is 0.316 e. The monoisotopic (exact) mass is 538 g/mol. The van der Waals surface area contributed by atoms with E-state index in [0.29, 0.717) is 23.4 Å². The molecule has 210 valence electrons. The van der Waals surface area contributed by atoms with Crippen molar-refractivity contribution >= 4 is 16.8 Å². The number of amides is 1. The third kappa shape index (κ3) is 4.63. The fourth-order valence-corrected chi connectivity index (χ4v) is 8.55. The van der Waals surface area contributed by atoms with Crippen molar-refractivity contribution in [1.82, 2.24) is 14.4 Å². The van der Waals surface area contributed by atoms with Crippen molar-refractivity contribution in [3.05, 3.63) is 64.1 Å². The number of nitrogens with zero attached hydrogens (tertiary/aromatic N) is 4. The molecule has 0 radical (unpaired) electrons. The summed E-state index contributed by atoms with van der Waals surface area (Å²) < 4.78 is 2.53. The van der Waals surface area contributed by atoms with E-state index < -0.39 is 5.91 Å². The Labute approximate surface area is 237 Å². The first-order valence-electron chi connectivity index (χ1n) is 15.8. The van der Waals surface area contributed by atoms with E-state index in [2.05, 4.69) is 49.9 Å². The number of carbonyl (C=O) groups excluding carboxylic acids is 1. The van der Waals surface area contributed by atoms with Crippen molar-refractivity contribution in [2.24, 2.45) is 11.1 Å². The molecule has 0 bridgehead atoms.